The molecule has 0 aliphatic carbocycles. The lowest BCUT2D eigenvalue weighted by atomic mass is 10.1. The van der Waals surface area contributed by atoms with Crippen LogP contribution in [0, 0.1) is 13.8 Å². The molecule has 0 radical (unpaired) electrons. The van der Waals surface area contributed by atoms with E-state index < -0.39 is 18.5 Å². The summed E-state index contributed by atoms with van der Waals surface area (Å²) in [7, 11) is 0. The maximum absolute atomic E-state index is 11.9. The van der Waals surface area contributed by atoms with Crippen LogP contribution in [0.25, 0.3) is 0 Å². The molecule has 0 aliphatic rings. The fraction of sp³-hybridized carbons (Fsp3) is 0.273. The van der Waals surface area contributed by atoms with Crippen molar-refractivity contribution >= 4 is 34.9 Å². The molecule has 2 rings (SSSR count). The summed E-state index contributed by atoms with van der Waals surface area (Å²) in [4.78, 5) is 46.8. The predicted octanol–water partition coefficient (Wildman–Crippen LogP) is 3.41. The summed E-state index contributed by atoms with van der Waals surface area (Å²) in [6.07, 6.45) is -0.222. The topological polar surface area (TPSA) is 102 Å². The van der Waals surface area contributed by atoms with Gasteiger partial charge in [0.2, 0.25) is 5.91 Å². The number of rotatable bonds is 8. The van der Waals surface area contributed by atoms with E-state index in [1.807, 2.05) is 32.0 Å². The average Bonchev–Trinajstić information content (AvgIpc) is 2.64. The molecule has 0 bridgehead atoms. The van der Waals surface area contributed by atoms with Crippen molar-refractivity contribution in [2.45, 2.75) is 33.6 Å². The normalized spacial score (nSPS) is 10.2. The van der Waals surface area contributed by atoms with Crippen molar-refractivity contribution in [2.75, 3.05) is 17.2 Å². The number of anilines is 2. The number of nitrogens with one attached hydrogen (secondary N) is 2. The first-order chi connectivity index (χ1) is 13.7. The minimum atomic E-state index is -0.636. The lowest BCUT2D eigenvalue weighted by Crippen LogP contribution is -2.22. The highest BCUT2D eigenvalue weighted by atomic mass is 16.5. The highest BCUT2D eigenvalue weighted by molar-refractivity contribution is 5.96. The Morgan fingerprint density at radius 2 is 1.38 bits per heavy atom. The lowest BCUT2D eigenvalue weighted by Gasteiger charge is -2.09. The number of aryl methyl sites for hydroxylation is 2. The summed E-state index contributed by atoms with van der Waals surface area (Å²) in [5.74, 6) is -1.51. The Bertz CT molecular complexity index is 899. The summed E-state index contributed by atoms with van der Waals surface area (Å²) < 4.78 is 4.91. The van der Waals surface area contributed by atoms with E-state index in [-0.39, 0.29) is 24.5 Å². The molecule has 7 heteroatoms. The fourth-order valence-corrected chi connectivity index (χ4v) is 2.69. The van der Waals surface area contributed by atoms with E-state index in [0.29, 0.717) is 16.9 Å². The summed E-state index contributed by atoms with van der Waals surface area (Å²) >= 11 is 0. The van der Waals surface area contributed by atoms with E-state index in [0.717, 1.165) is 11.1 Å². The summed E-state index contributed by atoms with van der Waals surface area (Å²) in [6.45, 7) is 4.89. The Morgan fingerprint density at radius 3 is 1.97 bits per heavy atom. The van der Waals surface area contributed by atoms with Crippen molar-refractivity contribution in [1.29, 1.82) is 0 Å². The van der Waals surface area contributed by atoms with Crippen LogP contribution in [0.4, 0.5) is 11.4 Å². The van der Waals surface area contributed by atoms with Gasteiger partial charge in [0.25, 0.3) is 5.91 Å². The molecule has 0 saturated heterocycles. The van der Waals surface area contributed by atoms with Crippen molar-refractivity contribution < 1.29 is 23.9 Å². The molecule has 0 fully saturated rings. The predicted molar refractivity (Wildman–Crippen MR) is 110 cm³/mol. The smallest absolute Gasteiger partial charge is 0.306 e. The quantitative estimate of drug-likeness (QED) is 0.526. The van der Waals surface area contributed by atoms with Crippen molar-refractivity contribution in [1.82, 2.24) is 0 Å². The number of benzene rings is 2. The van der Waals surface area contributed by atoms with Gasteiger partial charge in [0, 0.05) is 23.4 Å². The van der Waals surface area contributed by atoms with Gasteiger partial charge in [-0.2, -0.15) is 0 Å². The molecule has 2 aromatic rings. The Hall–Kier alpha value is -3.48. The van der Waals surface area contributed by atoms with Crippen LogP contribution in [-0.2, 0) is 19.1 Å². The number of amides is 2. The molecule has 0 heterocycles. The second-order valence-electron chi connectivity index (χ2n) is 6.77. The number of carbonyl (C=O) groups excluding carboxylic acids is 4. The van der Waals surface area contributed by atoms with Crippen LogP contribution < -0.4 is 10.6 Å². The Morgan fingerprint density at radius 1 is 0.793 bits per heavy atom. The second-order valence-corrected chi connectivity index (χ2v) is 6.77. The molecular weight excluding hydrogens is 372 g/mol. The molecule has 2 N–H and O–H groups in total. The van der Waals surface area contributed by atoms with Crippen LogP contribution >= 0.6 is 0 Å². The van der Waals surface area contributed by atoms with Crippen LogP contribution in [0.1, 0.15) is 41.3 Å². The molecule has 2 amide bonds. The van der Waals surface area contributed by atoms with E-state index in [4.69, 9.17) is 4.74 Å². The number of hydrogen-bond donors (Lipinski definition) is 2. The van der Waals surface area contributed by atoms with Gasteiger partial charge in [0.05, 0.1) is 6.42 Å². The molecule has 0 saturated carbocycles. The monoisotopic (exact) mass is 396 g/mol. The van der Waals surface area contributed by atoms with E-state index >= 15 is 0 Å². The first kappa shape index (κ1) is 21.8. The molecule has 0 aromatic heterocycles. The van der Waals surface area contributed by atoms with Crippen LogP contribution in [0.3, 0.4) is 0 Å². The lowest BCUT2D eigenvalue weighted by molar-refractivity contribution is -0.147. The third-order valence-corrected chi connectivity index (χ3v) is 4.00. The molecule has 0 spiro atoms. The number of Topliss-reactive ketones (excluding diaryl/α,β-unsaturated/α-hetero) is 1. The van der Waals surface area contributed by atoms with E-state index in [1.54, 1.807) is 24.3 Å². The minimum Gasteiger partial charge on any atom is -0.456 e. The summed E-state index contributed by atoms with van der Waals surface area (Å²) in [5, 5.41) is 5.30. The van der Waals surface area contributed by atoms with Gasteiger partial charge in [-0.15, -0.1) is 0 Å². The Balaban J connectivity index is 1.71. The largest absolute Gasteiger partial charge is 0.456 e. The zero-order valence-electron chi connectivity index (χ0n) is 16.7. The standard InChI is InChI=1S/C22H24N2O5/c1-14-10-15(2)12-19(11-14)24-21(27)13-29-22(28)9-8-20(26)23-18-6-4-17(5-7-18)16(3)25/h4-7,10-12H,8-9,13H2,1-3H3,(H,23,26)(H,24,27). The maximum Gasteiger partial charge on any atom is 0.306 e. The van der Waals surface area contributed by atoms with Gasteiger partial charge in [0.15, 0.2) is 12.4 Å². The molecule has 7 nitrogen and oxygen atoms in total. The Labute approximate surface area is 169 Å². The van der Waals surface area contributed by atoms with E-state index in [1.165, 1.54) is 6.92 Å². The van der Waals surface area contributed by atoms with Gasteiger partial charge in [-0.25, -0.2) is 0 Å². The van der Waals surface area contributed by atoms with Crippen molar-refractivity contribution in [3.63, 3.8) is 0 Å². The van der Waals surface area contributed by atoms with Crippen molar-refractivity contribution in [2.24, 2.45) is 0 Å². The van der Waals surface area contributed by atoms with Gasteiger partial charge in [-0.05, 0) is 68.3 Å². The molecule has 2 aromatic carbocycles. The van der Waals surface area contributed by atoms with Crippen molar-refractivity contribution in [3.8, 4) is 0 Å². The van der Waals surface area contributed by atoms with Gasteiger partial charge in [-0.3, -0.25) is 19.2 Å². The number of ether oxygens (including phenoxy) is 1. The highest BCUT2D eigenvalue weighted by Crippen LogP contribution is 2.14. The van der Waals surface area contributed by atoms with Gasteiger partial charge in [-0.1, -0.05) is 6.07 Å². The number of hydrogen-bond acceptors (Lipinski definition) is 5. The Kier molecular flexibility index (Phi) is 7.65. The molecular formula is C22H24N2O5. The zero-order chi connectivity index (χ0) is 21.4. The third kappa shape index (κ3) is 7.57. The van der Waals surface area contributed by atoms with Crippen LogP contribution in [-0.4, -0.2) is 30.2 Å². The number of ketones is 1. The molecule has 0 atom stereocenters. The van der Waals surface area contributed by atoms with Crippen LogP contribution in [0.2, 0.25) is 0 Å². The van der Waals surface area contributed by atoms with Gasteiger partial charge in [0.1, 0.15) is 0 Å². The van der Waals surface area contributed by atoms with E-state index in [9.17, 15) is 19.2 Å². The van der Waals surface area contributed by atoms with E-state index in [2.05, 4.69) is 10.6 Å². The summed E-state index contributed by atoms with van der Waals surface area (Å²) in [6, 6.07) is 12.1. The SMILES string of the molecule is CC(=O)c1ccc(NC(=O)CCC(=O)OCC(=O)Nc2cc(C)cc(C)c2)cc1. The molecule has 0 aliphatic heterocycles. The number of esters is 1. The third-order valence-electron chi connectivity index (χ3n) is 4.00. The second kappa shape index (κ2) is 10.2. The molecule has 29 heavy (non-hydrogen) atoms. The van der Waals surface area contributed by atoms with Gasteiger partial charge < -0.3 is 15.4 Å². The number of carbonyl (C=O) groups is 4. The zero-order valence-corrected chi connectivity index (χ0v) is 16.7. The minimum absolute atomic E-state index is 0.0628. The molecule has 152 valence electrons. The first-order valence-electron chi connectivity index (χ1n) is 9.17. The highest BCUT2D eigenvalue weighted by Gasteiger charge is 2.11. The molecule has 0 unspecified atom stereocenters. The van der Waals surface area contributed by atoms with Crippen LogP contribution in [0.5, 0.6) is 0 Å². The van der Waals surface area contributed by atoms with Crippen molar-refractivity contribution in [3.05, 3.63) is 59.2 Å². The summed E-state index contributed by atoms with van der Waals surface area (Å²) in [5.41, 5.74) is 3.74. The maximum atomic E-state index is 11.9. The average molecular weight is 396 g/mol. The first-order valence-corrected chi connectivity index (χ1v) is 9.17. The van der Waals surface area contributed by atoms with Gasteiger partial charge >= 0.3 is 5.97 Å². The fourth-order valence-electron chi connectivity index (χ4n) is 2.69. The van der Waals surface area contributed by atoms with Crippen LogP contribution in [0.15, 0.2) is 42.5 Å².